The van der Waals surface area contributed by atoms with E-state index < -0.39 is 5.82 Å². The number of rotatable bonds is 1. The molecule has 19 heavy (non-hydrogen) atoms. The van der Waals surface area contributed by atoms with Gasteiger partial charge in [0.2, 0.25) is 0 Å². The Morgan fingerprint density at radius 1 is 1.21 bits per heavy atom. The molecule has 0 radical (unpaired) electrons. The average molecular weight is 297 g/mol. The highest BCUT2D eigenvalue weighted by Gasteiger charge is 2.17. The van der Waals surface area contributed by atoms with E-state index in [0.717, 1.165) is 0 Å². The van der Waals surface area contributed by atoms with Crippen molar-refractivity contribution in [3.63, 3.8) is 0 Å². The van der Waals surface area contributed by atoms with E-state index in [2.05, 4.69) is 15.2 Å². The maximum atomic E-state index is 13.9. The third kappa shape index (κ3) is 1.95. The molecule has 3 aromatic rings. The second-order valence-corrected chi connectivity index (χ2v) is 4.73. The summed E-state index contributed by atoms with van der Waals surface area (Å²) in [5.41, 5.74) is 0.690. The zero-order valence-corrected chi connectivity index (χ0v) is 11.2. The van der Waals surface area contributed by atoms with Crippen molar-refractivity contribution in [1.29, 1.82) is 0 Å². The molecule has 0 saturated heterocycles. The molecule has 1 aromatic carbocycles. The summed E-state index contributed by atoms with van der Waals surface area (Å²) in [6.07, 6.45) is 0. The summed E-state index contributed by atoms with van der Waals surface area (Å²) in [6.45, 7) is 1.74. The van der Waals surface area contributed by atoms with E-state index in [0.29, 0.717) is 22.4 Å². The molecule has 0 bridgehead atoms. The Kier molecular flexibility index (Phi) is 2.88. The molecule has 2 heterocycles. The molecule has 7 heteroatoms. The zero-order valence-electron chi connectivity index (χ0n) is 9.73. The van der Waals surface area contributed by atoms with Gasteiger partial charge in [-0.3, -0.25) is 4.40 Å². The predicted octanol–water partition coefficient (Wildman–Crippen LogP) is 3.55. The topological polar surface area (TPSA) is 43.1 Å². The lowest BCUT2D eigenvalue weighted by molar-refractivity contribution is 0.629. The number of nitrogens with zero attached hydrogens (tertiary/aromatic N) is 4. The fourth-order valence-electron chi connectivity index (χ4n) is 1.93. The standard InChI is InChI=1S/C12H7Cl2FN4/c1-6-16-9(14)5-10-17-18-12(19(6)10)11-7(13)3-2-4-8(11)15/h2-5H,1H3. The molecule has 0 spiro atoms. The predicted molar refractivity (Wildman–Crippen MR) is 70.9 cm³/mol. The van der Waals surface area contributed by atoms with Gasteiger partial charge in [0.05, 0.1) is 10.6 Å². The van der Waals surface area contributed by atoms with Crippen molar-refractivity contribution in [3.8, 4) is 11.4 Å². The van der Waals surface area contributed by atoms with Gasteiger partial charge in [-0.15, -0.1) is 10.2 Å². The molecule has 0 fully saturated rings. The lowest BCUT2D eigenvalue weighted by atomic mass is 10.2. The molecular formula is C12H7Cl2FN4. The Hall–Kier alpha value is -1.72. The maximum absolute atomic E-state index is 13.9. The highest BCUT2D eigenvalue weighted by Crippen LogP contribution is 2.30. The van der Waals surface area contributed by atoms with Crippen LogP contribution in [0.4, 0.5) is 4.39 Å². The highest BCUT2D eigenvalue weighted by atomic mass is 35.5. The van der Waals surface area contributed by atoms with Crippen LogP contribution in [0.2, 0.25) is 10.2 Å². The second kappa shape index (κ2) is 4.43. The number of aryl methyl sites for hydroxylation is 1. The number of benzene rings is 1. The Labute approximate surface area is 117 Å². The molecule has 0 aliphatic heterocycles. The van der Waals surface area contributed by atoms with Crippen molar-refractivity contribution in [2.75, 3.05) is 0 Å². The summed E-state index contributed by atoms with van der Waals surface area (Å²) in [5.74, 6) is 0.401. The van der Waals surface area contributed by atoms with Gasteiger partial charge in [-0.25, -0.2) is 9.37 Å². The number of hydrogen-bond donors (Lipinski definition) is 0. The molecule has 0 amide bonds. The van der Waals surface area contributed by atoms with Gasteiger partial charge < -0.3 is 0 Å². The number of fused-ring (bicyclic) bond motifs is 1. The van der Waals surface area contributed by atoms with Crippen LogP contribution in [0.25, 0.3) is 17.0 Å². The van der Waals surface area contributed by atoms with Crippen molar-refractivity contribution < 1.29 is 4.39 Å². The van der Waals surface area contributed by atoms with E-state index in [4.69, 9.17) is 23.2 Å². The van der Waals surface area contributed by atoms with Crippen molar-refractivity contribution in [2.24, 2.45) is 0 Å². The van der Waals surface area contributed by atoms with Crippen LogP contribution in [-0.2, 0) is 0 Å². The average Bonchev–Trinajstić information content (AvgIpc) is 2.72. The molecule has 0 unspecified atom stereocenters. The SMILES string of the molecule is Cc1nc(Cl)cc2nnc(-c3c(F)cccc3Cl)n12. The number of hydrogen-bond acceptors (Lipinski definition) is 3. The summed E-state index contributed by atoms with van der Waals surface area (Å²) in [7, 11) is 0. The van der Waals surface area contributed by atoms with E-state index in [1.807, 2.05) is 0 Å². The van der Waals surface area contributed by atoms with Crippen LogP contribution in [0.3, 0.4) is 0 Å². The smallest absolute Gasteiger partial charge is 0.174 e. The zero-order chi connectivity index (χ0) is 13.6. The quantitative estimate of drug-likeness (QED) is 0.645. The van der Waals surface area contributed by atoms with Crippen molar-refractivity contribution in [1.82, 2.24) is 19.6 Å². The minimum Gasteiger partial charge on any atom is -0.262 e. The van der Waals surface area contributed by atoms with Gasteiger partial charge in [0, 0.05) is 6.07 Å². The van der Waals surface area contributed by atoms with E-state index in [1.165, 1.54) is 12.1 Å². The molecule has 0 N–H and O–H groups in total. The number of aromatic nitrogens is 4. The largest absolute Gasteiger partial charge is 0.262 e. The summed E-state index contributed by atoms with van der Waals surface area (Å²) in [6, 6.07) is 6.01. The lowest BCUT2D eigenvalue weighted by Gasteiger charge is -2.06. The fourth-order valence-corrected chi connectivity index (χ4v) is 2.39. The van der Waals surface area contributed by atoms with Crippen LogP contribution in [0.15, 0.2) is 24.3 Å². The number of halogens is 3. The Morgan fingerprint density at radius 2 is 2.00 bits per heavy atom. The van der Waals surface area contributed by atoms with Crippen LogP contribution < -0.4 is 0 Å². The minimum absolute atomic E-state index is 0.198. The van der Waals surface area contributed by atoms with Gasteiger partial charge in [-0.05, 0) is 19.1 Å². The normalized spacial score (nSPS) is 11.2. The lowest BCUT2D eigenvalue weighted by Crippen LogP contribution is -1.99. The first-order valence-electron chi connectivity index (χ1n) is 5.40. The first kappa shape index (κ1) is 12.3. The van der Waals surface area contributed by atoms with Gasteiger partial charge in [0.15, 0.2) is 11.5 Å². The van der Waals surface area contributed by atoms with Crippen LogP contribution in [0.1, 0.15) is 5.82 Å². The summed E-state index contributed by atoms with van der Waals surface area (Å²) in [5, 5.41) is 8.52. The van der Waals surface area contributed by atoms with Gasteiger partial charge in [-0.1, -0.05) is 29.3 Å². The van der Waals surface area contributed by atoms with E-state index in [9.17, 15) is 4.39 Å². The molecule has 0 atom stereocenters. The summed E-state index contributed by atoms with van der Waals surface area (Å²) < 4.78 is 15.5. The Bertz CT molecular complexity index is 764. The van der Waals surface area contributed by atoms with Gasteiger partial charge in [0.25, 0.3) is 0 Å². The molecule has 0 aliphatic rings. The first-order chi connectivity index (χ1) is 9.08. The maximum Gasteiger partial charge on any atom is 0.174 e. The minimum atomic E-state index is -0.462. The molecule has 0 aliphatic carbocycles. The third-order valence-electron chi connectivity index (χ3n) is 2.71. The Morgan fingerprint density at radius 3 is 2.74 bits per heavy atom. The van der Waals surface area contributed by atoms with Crippen molar-refractivity contribution in [3.05, 3.63) is 46.1 Å². The second-order valence-electron chi connectivity index (χ2n) is 3.94. The van der Waals surface area contributed by atoms with Crippen LogP contribution in [-0.4, -0.2) is 19.6 Å². The molecular weight excluding hydrogens is 290 g/mol. The third-order valence-corrected chi connectivity index (χ3v) is 3.22. The highest BCUT2D eigenvalue weighted by molar-refractivity contribution is 6.33. The Balaban J connectivity index is 2.38. The monoisotopic (exact) mass is 296 g/mol. The molecule has 0 saturated carbocycles. The van der Waals surface area contributed by atoms with Crippen molar-refractivity contribution >= 4 is 28.8 Å². The molecule has 4 nitrogen and oxygen atoms in total. The molecule has 96 valence electrons. The van der Waals surface area contributed by atoms with E-state index >= 15 is 0 Å². The van der Waals surface area contributed by atoms with Crippen LogP contribution >= 0.6 is 23.2 Å². The first-order valence-corrected chi connectivity index (χ1v) is 6.16. The molecule has 2 aromatic heterocycles. The van der Waals surface area contributed by atoms with E-state index in [1.54, 1.807) is 23.5 Å². The van der Waals surface area contributed by atoms with Gasteiger partial charge in [-0.2, -0.15) is 0 Å². The fraction of sp³-hybridized carbons (Fsp3) is 0.0833. The van der Waals surface area contributed by atoms with Gasteiger partial charge >= 0.3 is 0 Å². The van der Waals surface area contributed by atoms with E-state index in [-0.39, 0.29) is 10.6 Å². The van der Waals surface area contributed by atoms with Crippen LogP contribution in [0.5, 0.6) is 0 Å². The van der Waals surface area contributed by atoms with Crippen molar-refractivity contribution in [2.45, 2.75) is 6.92 Å². The summed E-state index contributed by atoms with van der Waals surface area (Å²) >= 11 is 11.9. The van der Waals surface area contributed by atoms with Crippen LogP contribution in [0, 0.1) is 12.7 Å². The summed E-state index contributed by atoms with van der Waals surface area (Å²) in [4.78, 5) is 4.10. The van der Waals surface area contributed by atoms with Gasteiger partial charge in [0.1, 0.15) is 16.8 Å². The molecule has 3 rings (SSSR count).